The van der Waals surface area contributed by atoms with Crippen LogP contribution in [0.3, 0.4) is 0 Å². The maximum absolute atomic E-state index is 12.0. The Kier molecular flexibility index (Phi) is 4.58. The summed E-state index contributed by atoms with van der Waals surface area (Å²) in [6, 6.07) is 0. The van der Waals surface area contributed by atoms with Gasteiger partial charge in [0, 0.05) is 32.5 Å². The van der Waals surface area contributed by atoms with Crippen LogP contribution in [0, 0.1) is 19.8 Å². The van der Waals surface area contributed by atoms with E-state index in [1.165, 1.54) is 12.8 Å². The fourth-order valence-electron chi connectivity index (χ4n) is 2.10. The van der Waals surface area contributed by atoms with E-state index in [0.717, 1.165) is 36.9 Å². The number of aryl methyl sites for hydroxylation is 2. The molecule has 1 amide bonds. The number of amides is 1. The first-order chi connectivity index (χ1) is 9.09. The number of ether oxygens (including phenoxy) is 1. The summed E-state index contributed by atoms with van der Waals surface area (Å²) in [6.07, 6.45) is 3.49. The highest BCUT2D eigenvalue weighted by Gasteiger charge is 2.21. The SMILES string of the molecule is Cc1nn(C)c(C)c1C(=O)NCCCOCC1CC1. The first kappa shape index (κ1) is 14.1. The van der Waals surface area contributed by atoms with Crippen LogP contribution in [-0.4, -0.2) is 35.4 Å². The predicted molar refractivity (Wildman–Crippen MR) is 73.2 cm³/mol. The van der Waals surface area contributed by atoms with Crippen LogP contribution in [0.2, 0.25) is 0 Å². The number of nitrogens with one attached hydrogen (secondary N) is 1. The number of aromatic nitrogens is 2. The van der Waals surface area contributed by atoms with Gasteiger partial charge in [-0.1, -0.05) is 0 Å². The van der Waals surface area contributed by atoms with Crippen LogP contribution in [-0.2, 0) is 11.8 Å². The van der Waals surface area contributed by atoms with Crippen molar-refractivity contribution in [1.29, 1.82) is 0 Å². The lowest BCUT2D eigenvalue weighted by atomic mass is 10.2. The van der Waals surface area contributed by atoms with E-state index in [4.69, 9.17) is 4.74 Å². The van der Waals surface area contributed by atoms with Crippen LogP contribution >= 0.6 is 0 Å². The molecule has 1 aliphatic carbocycles. The second-order valence-electron chi connectivity index (χ2n) is 5.30. The number of nitrogens with zero attached hydrogens (tertiary/aromatic N) is 2. The molecule has 0 radical (unpaired) electrons. The highest BCUT2D eigenvalue weighted by Crippen LogP contribution is 2.28. The standard InChI is InChI=1S/C14H23N3O2/c1-10-13(11(2)17(3)16-10)14(18)15-7-4-8-19-9-12-5-6-12/h12H,4-9H2,1-3H3,(H,15,18). The summed E-state index contributed by atoms with van der Waals surface area (Å²) in [7, 11) is 1.85. The molecule has 5 heteroatoms. The topological polar surface area (TPSA) is 56.2 Å². The minimum Gasteiger partial charge on any atom is -0.381 e. The van der Waals surface area contributed by atoms with Crippen molar-refractivity contribution in [3.63, 3.8) is 0 Å². The lowest BCUT2D eigenvalue weighted by Gasteiger charge is -2.06. The van der Waals surface area contributed by atoms with E-state index >= 15 is 0 Å². The van der Waals surface area contributed by atoms with Crippen LogP contribution in [0.1, 0.15) is 41.0 Å². The fourth-order valence-corrected chi connectivity index (χ4v) is 2.10. The lowest BCUT2D eigenvalue weighted by molar-refractivity contribution is 0.0936. The minimum absolute atomic E-state index is 0.0368. The van der Waals surface area contributed by atoms with E-state index < -0.39 is 0 Å². The summed E-state index contributed by atoms with van der Waals surface area (Å²) in [5.74, 6) is 0.764. The maximum atomic E-state index is 12.0. The molecule has 1 fully saturated rings. The molecule has 5 nitrogen and oxygen atoms in total. The molecular formula is C14H23N3O2. The third-order valence-corrected chi connectivity index (χ3v) is 3.54. The Morgan fingerprint density at radius 3 is 2.79 bits per heavy atom. The molecule has 0 spiro atoms. The van der Waals surface area contributed by atoms with Crippen molar-refractivity contribution < 1.29 is 9.53 Å². The Balaban J connectivity index is 1.68. The Bertz CT molecular complexity index is 450. The second kappa shape index (κ2) is 6.19. The first-order valence-electron chi connectivity index (χ1n) is 6.95. The number of rotatable bonds is 7. The van der Waals surface area contributed by atoms with E-state index in [1.807, 2.05) is 20.9 Å². The molecule has 0 bridgehead atoms. The Morgan fingerprint density at radius 1 is 1.47 bits per heavy atom. The summed E-state index contributed by atoms with van der Waals surface area (Å²) in [5.41, 5.74) is 2.38. The summed E-state index contributed by atoms with van der Waals surface area (Å²) >= 11 is 0. The van der Waals surface area contributed by atoms with Crippen LogP contribution < -0.4 is 5.32 Å². The zero-order valence-corrected chi connectivity index (χ0v) is 12.0. The van der Waals surface area contributed by atoms with Crippen molar-refractivity contribution in [3.8, 4) is 0 Å². The molecule has 1 heterocycles. The fraction of sp³-hybridized carbons (Fsp3) is 0.714. The lowest BCUT2D eigenvalue weighted by Crippen LogP contribution is -2.26. The number of carbonyl (C=O) groups excluding carboxylic acids is 1. The van der Waals surface area contributed by atoms with E-state index in [1.54, 1.807) is 4.68 Å². The quantitative estimate of drug-likeness (QED) is 0.762. The normalized spacial score (nSPS) is 14.7. The van der Waals surface area contributed by atoms with Gasteiger partial charge < -0.3 is 10.1 Å². The highest BCUT2D eigenvalue weighted by molar-refractivity contribution is 5.96. The Hall–Kier alpha value is -1.36. The summed E-state index contributed by atoms with van der Waals surface area (Å²) in [4.78, 5) is 12.0. The van der Waals surface area contributed by atoms with Gasteiger partial charge in [0.1, 0.15) is 0 Å². The van der Waals surface area contributed by atoms with Crippen molar-refractivity contribution in [2.75, 3.05) is 19.8 Å². The second-order valence-corrected chi connectivity index (χ2v) is 5.30. The van der Waals surface area contributed by atoms with E-state index in [-0.39, 0.29) is 5.91 Å². The van der Waals surface area contributed by atoms with Crippen molar-refractivity contribution in [1.82, 2.24) is 15.1 Å². The molecule has 1 aromatic heterocycles. The molecule has 1 aliphatic rings. The van der Waals surface area contributed by atoms with Gasteiger partial charge in [-0.25, -0.2) is 0 Å². The van der Waals surface area contributed by atoms with Crippen LogP contribution in [0.5, 0.6) is 0 Å². The van der Waals surface area contributed by atoms with Crippen molar-refractivity contribution in [2.24, 2.45) is 13.0 Å². The number of hydrogen-bond donors (Lipinski definition) is 1. The summed E-state index contributed by atoms with van der Waals surface area (Å²) in [5, 5.41) is 7.17. The molecular weight excluding hydrogens is 242 g/mol. The molecule has 1 aromatic rings. The average Bonchev–Trinajstić information content (AvgIpc) is 3.13. The molecule has 0 aromatic carbocycles. The van der Waals surface area contributed by atoms with Gasteiger partial charge in [-0.05, 0) is 39.0 Å². The maximum Gasteiger partial charge on any atom is 0.255 e. The monoisotopic (exact) mass is 265 g/mol. The number of hydrogen-bond acceptors (Lipinski definition) is 3. The van der Waals surface area contributed by atoms with Gasteiger partial charge in [-0.3, -0.25) is 9.48 Å². The van der Waals surface area contributed by atoms with Crippen LogP contribution in [0.4, 0.5) is 0 Å². The smallest absolute Gasteiger partial charge is 0.255 e. The van der Waals surface area contributed by atoms with Crippen LogP contribution in [0.15, 0.2) is 0 Å². The Morgan fingerprint density at radius 2 is 2.21 bits per heavy atom. The summed E-state index contributed by atoms with van der Waals surface area (Å²) < 4.78 is 7.27. The first-order valence-corrected chi connectivity index (χ1v) is 6.95. The zero-order chi connectivity index (χ0) is 13.8. The third kappa shape index (κ3) is 3.80. The third-order valence-electron chi connectivity index (χ3n) is 3.54. The summed E-state index contributed by atoms with van der Waals surface area (Å²) in [6.45, 7) is 6.03. The number of carbonyl (C=O) groups is 1. The molecule has 0 saturated heterocycles. The largest absolute Gasteiger partial charge is 0.381 e. The molecule has 19 heavy (non-hydrogen) atoms. The van der Waals surface area contributed by atoms with Gasteiger partial charge >= 0.3 is 0 Å². The predicted octanol–water partition coefficient (Wildman–Crippen LogP) is 1.58. The Labute approximate surface area is 114 Å². The van der Waals surface area contributed by atoms with Gasteiger partial charge in [-0.2, -0.15) is 5.10 Å². The van der Waals surface area contributed by atoms with E-state index in [9.17, 15) is 4.79 Å². The average molecular weight is 265 g/mol. The van der Waals surface area contributed by atoms with Crippen molar-refractivity contribution in [2.45, 2.75) is 33.1 Å². The van der Waals surface area contributed by atoms with E-state index in [2.05, 4.69) is 10.4 Å². The molecule has 0 aliphatic heterocycles. The van der Waals surface area contributed by atoms with Gasteiger partial charge in [0.25, 0.3) is 5.91 Å². The molecule has 0 atom stereocenters. The molecule has 2 rings (SSSR count). The highest BCUT2D eigenvalue weighted by atomic mass is 16.5. The van der Waals surface area contributed by atoms with Gasteiger partial charge in [-0.15, -0.1) is 0 Å². The van der Waals surface area contributed by atoms with E-state index in [0.29, 0.717) is 12.1 Å². The molecule has 1 saturated carbocycles. The van der Waals surface area contributed by atoms with Crippen molar-refractivity contribution >= 4 is 5.91 Å². The van der Waals surface area contributed by atoms with Gasteiger partial charge in [0.05, 0.1) is 11.3 Å². The van der Waals surface area contributed by atoms with Gasteiger partial charge in [0.15, 0.2) is 0 Å². The minimum atomic E-state index is -0.0368. The zero-order valence-electron chi connectivity index (χ0n) is 12.0. The van der Waals surface area contributed by atoms with Crippen LogP contribution in [0.25, 0.3) is 0 Å². The molecule has 106 valence electrons. The van der Waals surface area contributed by atoms with Crippen molar-refractivity contribution in [3.05, 3.63) is 17.0 Å². The molecule has 0 unspecified atom stereocenters. The van der Waals surface area contributed by atoms with Gasteiger partial charge in [0.2, 0.25) is 0 Å². The molecule has 1 N–H and O–H groups in total.